The van der Waals surface area contributed by atoms with Crippen molar-refractivity contribution in [3.63, 3.8) is 0 Å². The zero-order chi connectivity index (χ0) is 14.1. The van der Waals surface area contributed by atoms with E-state index in [1.54, 1.807) is 0 Å². The number of nitrogens with one attached hydrogen (secondary N) is 2. The average Bonchev–Trinajstić information content (AvgIpc) is 2.72. The molecule has 0 saturated carbocycles. The molecule has 1 amide bonds. The monoisotopic (exact) mass is 345 g/mol. The number of halogens is 2. The smallest absolute Gasteiger partial charge is 0.224 e. The summed E-state index contributed by atoms with van der Waals surface area (Å²) in [5, 5.41) is 6.63. The van der Waals surface area contributed by atoms with Crippen LogP contribution in [-0.2, 0) is 4.79 Å². The van der Waals surface area contributed by atoms with Crippen molar-refractivity contribution >= 4 is 36.4 Å². The van der Waals surface area contributed by atoms with Crippen LogP contribution in [0, 0.1) is 19.8 Å². The highest BCUT2D eigenvalue weighted by Gasteiger charge is 2.34. The highest BCUT2D eigenvalue weighted by atomic mass is 35.5. The van der Waals surface area contributed by atoms with Crippen molar-refractivity contribution in [2.24, 2.45) is 5.92 Å². The lowest BCUT2D eigenvalue weighted by atomic mass is 9.89. The second kappa shape index (κ2) is 8.14. The molecule has 1 aromatic heterocycles. The Morgan fingerprint density at radius 1 is 1.23 bits per heavy atom. The molecule has 124 valence electrons. The predicted molar refractivity (Wildman–Crippen MR) is 94.1 cm³/mol. The van der Waals surface area contributed by atoms with Gasteiger partial charge in [0.15, 0.2) is 0 Å². The fourth-order valence-electron chi connectivity index (χ4n) is 3.62. The molecule has 3 rings (SSSR count). The molecule has 6 heteroatoms. The van der Waals surface area contributed by atoms with E-state index in [9.17, 15) is 4.79 Å². The lowest BCUT2D eigenvalue weighted by Gasteiger charge is -2.28. The van der Waals surface area contributed by atoms with Gasteiger partial charge in [0.1, 0.15) is 0 Å². The first kappa shape index (κ1) is 19.2. The minimum atomic E-state index is 0. The standard InChI is InChI=1S/C16H23N3O.2ClH/c1-10-3-6-15(11(2)17-10)19-16(20)9-12-7-13-4-5-14(8-12)18-13;;/h3,6,12-14,18H,4-5,7-9H2,1-2H3,(H,19,20);2*1H. The Hall–Kier alpha value is -0.840. The largest absolute Gasteiger partial charge is 0.324 e. The molecule has 3 heterocycles. The normalized spacial score (nSPS) is 25.8. The highest BCUT2D eigenvalue weighted by Crippen LogP contribution is 2.32. The van der Waals surface area contributed by atoms with Crippen LogP contribution in [0.2, 0.25) is 0 Å². The zero-order valence-corrected chi connectivity index (χ0v) is 14.7. The number of anilines is 1. The first-order chi connectivity index (χ1) is 9.60. The number of aryl methyl sites for hydroxylation is 2. The summed E-state index contributed by atoms with van der Waals surface area (Å²) in [5.74, 6) is 0.664. The van der Waals surface area contributed by atoms with E-state index in [1.165, 1.54) is 12.8 Å². The summed E-state index contributed by atoms with van der Waals surface area (Å²) in [4.78, 5) is 16.6. The van der Waals surface area contributed by atoms with Crippen molar-refractivity contribution in [3.8, 4) is 0 Å². The maximum Gasteiger partial charge on any atom is 0.224 e. The minimum absolute atomic E-state index is 0. The van der Waals surface area contributed by atoms with E-state index in [0.29, 0.717) is 24.4 Å². The van der Waals surface area contributed by atoms with E-state index in [-0.39, 0.29) is 30.7 Å². The maximum atomic E-state index is 12.2. The molecule has 0 aromatic carbocycles. The third-order valence-electron chi connectivity index (χ3n) is 4.54. The third-order valence-corrected chi connectivity index (χ3v) is 4.54. The van der Waals surface area contributed by atoms with Gasteiger partial charge < -0.3 is 10.6 Å². The zero-order valence-electron chi connectivity index (χ0n) is 13.1. The van der Waals surface area contributed by atoms with E-state index >= 15 is 0 Å². The fourth-order valence-corrected chi connectivity index (χ4v) is 3.62. The van der Waals surface area contributed by atoms with Crippen molar-refractivity contribution in [1.29, 1.82) is 0 Å². The quantitative estimate of drug-likeness (QED) is 0.882. The van der Waals surface area contributed by atoms with E-state index in [2.05, 4.69) is 15.6 Å². The molecule has 2 N–H and O–H groups in total. The lowest BCUT2D eigenvalue weighted by Crippen LogP contribution is -2.39. The van der Waals surface area contributed by atoms with Crippen molar-refractivity contribution in [2.45, 2.75) is 58.0 Å². The molecule has 2 bridgehead atoms. The average molecular weight is 346 g/mol. The number of pyridine rings is 1. The minimum Gasteiger partial charge on any atom is -0.324 e. The van der Waals surface area contributed by atoms with Gasteiger partial charge in [-0.3, -0.25) is 9.78 Å². The number of fused-ring (bicyclic) bond motifs is 2. The number of aromatic nitrogens is 1. The summed E-state index contributed by atoms with van der Waals surface area (Å²) in [6, 6.07) is 5.18. The number of hydrogen-bond donors (Lipinski definition) is 2. The summed E-state index contributed by atoms with van der Waals surface area (Å²) in [5.41, 5.74) is 2.72. The molecule has 0 radical (unpaired) electrons. The fraction of sp³-hybridized carbons (Fsp3) is 0.625. The Balaban J connectivity index is 0.00000121. The van der Waals surface area contributed by atoms with Crippen molar-refractivity contribution < 1.29 is 4.79 Å². The summed E-state index contributed by atoms with van der Waals surface area (Å²) in [6.07, 6.45) is 5.50. The highest BCUT2D eigenvalue weighted by molar-refractivity contribution is 5.91. The second-order valence-corrected chi connectivity index (χ2v) is 6.31. The number of hydrogen-bond acceptors (Lipinski definition) is 3. The van der Waals surface area contributed by atoms with E-state index in [4.69, 9.17) is 0 Å². The van der Waals surface area contributed by atoms with Gasteiger partial charge in [-0.1, -0.05) is 0 Å². The molecule has 4 nitrogen and oxygen atoms in total. The molecule has 2 saturated heterocycles. The summed E-state index contributed by atoms with van der Waals surface area (Å²) in [6.45, 7) is 3.90. The molecule has 2 atom stereocenters. The Labute approximate surface area is 144 Å². The molecular weight excluding hydrogens is 321 g/mol. The molecule has 2 aliphatic heterocycles. The number of amides is 1. The lowest BCUT2D eigenvalue weighted by molar-refractivity contribution is -0.117. The molecular formula is C16H25Cl2N3O. The molecule has 22 heavy (non-hydrogen) atoms. The topological polar surface area (TPSA) is 54.0 Å². The van der Waals surface area contributed by atoms with E-state index < -0.39 is 0 Å². The van der Waals surface area contributed by atoms with Gasteiger partial charge in [0, 0.05) is 24.2 Å². The van der Waals surface area contributed by atoms with Gasteiger partial charge in [0.25, 0.3) is 0 Å². The van der Waals surface area contributed by atoms with Crippen LogP contribution in [0.15, 0.2) is 12.1 Å². The summed E-state index contributed by atoms with van der Waals surface area (Å²) >= 11 is 0. The summed E-state index contributed by atoms with van der Waals surface area (Å²) in [7, 11) is 0. The Bertz CT molecular complexity index is 512. The van der Waals surface area contributed by atoms with Crippen LogP contribution in [0.3, 0.4) is 0 Å². The molecule has 2 aliphatic rings. The number of piperidine rings is 1. The van der Waals surface area contributed by atoms with Gasteiger partial charge in [-0.05, 0) is 57.6 Å². The van der Waals surface area contributed by atoms with E-state index in [1.807, 2.05) is 26.0 Å². The van der Waals surface area contributed by atoms with Gasteiger partial charge >= 0.3 is 0 Å². The molecule has 0 aliphatic carbocycles. The number of carbonyl (C=O) groups excluding carboxylic acids is 1. The first-order valence-electron chi connectivity index (χ1n) is 7.60. The number of rotatable bonds is 3. The van der Waals surface area contributed by atoms with Crippen LogP contribution in [0.1, 0.15) is 43.5 Å². The van der Waals surface area contributed by atoms with Crippen molar-refractivity contribution in [1.82, 2.24) is 10.3 Å². The van der Waals surface area contributed by atoms with Crippen LogP contribution in [0.4, 0.5) is 5.69 Å². The van der Waals surface area contributed by atoms with Crippen molar-refractivity contribution in [2.75, 3.05) is 5.32 Å². The van der Waals surface area contributed by atoms with Crippen LogP contribution in [-0.4, -0.2) is 23.0 Å². The second-order valence-electron chi connectivity index (χ2n) is 6.31. The molecule has 2 fully saturated rings. The molecule has 0 spiro atoms. The maximum absolute atomic E-state index is 12.2. The van der Waals surface area contributed by atoms with Gasteiger partial charge in [-0.15, -0.1) is 24.8 Å². The SMILES string of the molecule is Cc1ccc(NC(=O)CC2CC3CCC(C2)N3)c(C)n1.Cl.Cl. The van der Waals surface area contributed by atoms with Crippen LogP contribution in [0.25, 0.3) is 0 Å². The van der Waals surface area contributed by atoms with Gasteiger partial charge in [-0.2, -0.15) is 0 Å². The third kappa shape index (κ3) is 4.58. The van der Waals surface area contributed by atoms with Crippen LogP contribution < -0.4 is 10.6 Å². The molecule has 1 aromatic rings. The number of nitrogens with zero attached hydrogens (tertiary/aromatic N) is 1. The van der Waals surface area contributed by atoms with Crippen LogP contribution >= 0.6 is 24.8 Å². The van der Waals surface area contributed by atoms with Gasteiger partial charge in [0.05, 0.1) is 11.4 Å². The Morgan fingerprint density at radius 3 is 2.45 bits per heavy atom. The van der Waals surface area contributed by atoms with Crippen molar-refractivity contribution in [3.05, 3.63) is 23.5 Å². The predicted octanol–water partition coefficient (Wildman–Crippen LogP) is 3.40. The first-order valence-corrected chi connectivity index (χ1v) is 7.60. The Morgan fingerprint density at radius 2 is 1.86 bits per heavy atom. The molecule has 2 unspecified atom stereocenters. The van der Waals surface area contributed by atoms with Gasteiger partial charge in [0.2, 0.25) is 5.91 Å². The number of carbonyl (C=O) groups is 1. The summed E-state index contributed by atoms with van der Waals surface area (Å²) < 4.78 is 0. The van der Waals surface area contributed by atoms with Gasteiger partial charge in [-0.25, -0.2) is 0 Å². The Kier molecular flexibility index (Phi) is 7.10. The van der Waals surface area contributed by atoms with E-state index in [0.717, 1.165) is 29.9 Å². The van der Waals surface area contributed by atoms with Crippen LogP contribution in [0.5, 0.6) is 0 Å².